The van der Waals surface area contributed by atoms with Crippen LogP contribution in [0, 0.1) is 12.7 Å². The van der Waals surface area contributed by atoms with Crippen molar-refractivity contribution in [1.82, 2.24) is 5.16 Å². The van der Waals surface area contributed by atoms with Gasteiger partial charge in [-0.25, -0.2) is 9.18 Å². The first kappa shape index (κ1) is 18.4. The molecule has 0 spiro atoms. The number of nitrogens with zero attached hydrogens (tertiary/aromatic N) is 1. The summed E-state index contributed by atoms with van der Waals surface area (Å²) in [5, 5.41) is 3.95. The van der Waals surface area contributed by atoms with Crippen LogP contribution in [0.1, 0.15) is 21.6 Å². The van der Waals surface area contributed by atoms with Crippen molar-refractivity contribution >= 4 is 5.97 Å². The Labute approximate surface area is 155 Å². The summed E-state index contributed by atoms with van der Waals surface area (Å²) in [7, 11) is 2.99. The molecule has 0 fully saturated rings. The molecule has 0 saturated carbocycles. The first-order valence-corrected chi connectivity index (χ1v) is 8.13. The maximum atomic E-state index is 13.1. The molecule has 3 rings (SSSR count). The number of carbonyl (C=O) groups is 1. The van der Waals surface area contributed by atoms with Crippen molar-refractivity contribution in [2.45, 2.75) is 13.5 Å². The van der Waals surface area contributed by atoms with Gasteiger partial charge in [0, 0.05) is 17.2 Å². The first-order valence-electron chi connectivity index (χ1n) is 8.13. The molecule has 7 heteroatoms. The van der Waals surface area contributed by atoms with Crippen molar-refractivity contribution in [2.75, 3.05) is 14.2 Å². The van der Waals surface area contributed by atoms with E-state index in [0.29, 0.717) is 28.5 Å². The molecule has 0 radical (unpaired) electrons. The number of aromatic nitrogens is 1. The van der Waals surface area contributed by atoms with Crippen LogP contribution in [0.15, 0.2) is 47.0 Å². The van der Waals surface area contributed by atoms with Gasteiger partial charge in [0.25, 0.3) is 0 Å². The number of ether oxygens (including phenoxy) is 3. The average molecular weight is 371 g/mol. The third-order valence-electron chi connectivity index (χ3n) is 4.10. The molecule has 0 bridgehead atoms. The molecule has 0 N–H and O–H groups in total. The van der Waals surface area contributed by atoms with Gasteiger partial charge in [-0.15, -0.1) is 0 Å². The lowest BCUT2D eigenvalue weighted by Gasteiger charge is -2.09. The standard InChI is InChI=1S/C20H18FNO5/c1-12-17(22-27-19(12)13-4-6-14(21)7-5-13)11-26-20(23)16-9-8-15(24-2)10-18(16)25-3/h4-10H,11H2,1-3H3. The second kappa shape index (κ2) is 7.90. The summed E-state index contributed by atoms with van der Waals surface area (Å²) in [5.41, 5.74) is 2.17. The van der Waals surface area contributed by atoms with Crippen molar-refractivity contribution in [1.29, 1.82) is 0 Å². The van der Waals surface area contributed by atoms with Crippen LogP contribution in [-0.2, 0) is 11.3 Å². The summed E-state index contributed by atoms with van der Waals surface area (Å²) >= 11 is 0. The number of carbonyl (C=O) groups excluding carboxylic acids is 1. The van der Waals surface area contributed by atoms with Crippen LogP contribution in [0.25, 0.3) is 11.3 Å². The minimum Gasteiger partial charge on any atom is -0.497 e. The molecule has 27 heavy (non-hydrogen) atoms. The third-order valence-corrected chi connectivity index (χ3v) is 4.10. The Bertz CT molecular complexity index is 950. The van der Waals surface area contributed by atoms with Gasteiger partial charge in [-0.2, -0.15) is 0 Å². The molecule has 1 aromatic heterocycles. The molecule has 0 aliphatic rings. The minimum atomic E-state index is -0.555. The summed E-state index contributed by atoms with van der Waals surface area (Å²) < 4.78 is 34.1. The zero-order valence-corrected chi connectivity index (χ0v) is 15.1. The predicted octanol–water partition coefficient (Wildman–Crippen LogP) is 4.16. The van der Waals surface area contributed by atoms with Gasteiger partial charge >= 0.3 is 5.97 Å². The minimum absolute atomic E-state index is 0.0649. The topological polar surface area (TPSA) is 70.8 Å². The van der Waals surface area contributed by atoms with E-state index in [0.717, 1.165) is 5.56 Å². The van der Waals surface area contributed by atoms with Crippen LogP contribution in [0.3, 0.4) is 0 Å². The van der Waals surface area contributed by atoms with Gasteiger partial charge in [0.05, 0.1) is 14.2 Å². The predicted molar refractivity (Wildman–Crippen MR) is 95.3 cm³/mol. The van der Waals surface area contributed by atoms with Crippen molar-refractivity contribution in [3.63, 3.8) is 0 Å². The highest BCUT2D eigenvalue weighted by Crippen LogP contribution is 2.28. The fourth-order valence-corrected chi connectivity index (χ4v) is 2.55. The van der Waals surface area contributed by atoms with Gasteiger partial charge in [0.2, 0.25) is 0 Å². The zero-order chi connectivity index (χ0) is 19.4. The molecule has 0 saturated heterocycles. The Morgan fingerprint density at radius 1 is 1.11 bits per heavy atom. The molecule has 140 valence electrons. The Kier molecular flexibility index (Phi) is 5.40. The largest absolute Gasteiger partial charge is 0.497 e. The normalized spacial score (nSPS) is 10.5. The monoisotopic (exact) mass is 371 g/mol. The van der Waals surface area contributed by atoms with Crippen molar-refractivity contribution in [3.05, 3.63) is 65.1 Å². The molecule has 0 aliphatic heterocycles. The zero-order valence-electron chi connectivity index (χ0n) is 15.1. The van der Waals surface area contributed by atoms with Gasteiger partial charge < -0.3 is 18.7 Å². The Morgan fingerprint density at radius 3 is 2.52 bits per heavy atom. The van der Waals surface area contributed by atoms with Gasteiger partial charge in [0.15, 0.2) is 5.76 Å². The van der Waals surface area contributed by atoms with Crippen LogP contribution >= 0.6 is 0 Å². The summed E-state index contributed by atoms with van der Waals surface area (Å²) in [6.07, 6.45) is 0. The number of esters is 1. The number of hydrogen-bond donors (Lipinski definition) is 0. The number of hydrogen-bond acceptors (Lipinski definition) is 6. The molecular weight excluding hydrogens is 353 g/mol. The van der Waals surface area contributed by atoms with Gasteiger partial charge in [0.1, 0.15) is 35.2 Å². The Hall–Kier alpha value is -3.35. The van der Waals surface area contributed by atoms with E-state index in [4.69, 9.17) is 18.7 Å². The van der Waals surface area contributed by atoms with E-state index in [-0.39, 0.29) is 18.0 Å². The maximum Gasteiger partial charge on any atom is 0.342 e. The van der Waals surface area contributed by atoms with Crippen molar-refractivity contribution in [3.8, 4) is 22.8 Å². The van der Waals surface area contributed by atoms with E-state index in [1.165, 1.54) is 26.4 Å². The summed E-state index contributed by atoms with van der Waals surface area (Å²) in [6.45, 7) is 1.73. The van der Waals surface area contributed by atoms with Crippen LogP contribution in [0.4, 0.5) is 4.39 Å². The van der Waals surface area contributed by atoms with Gasteiger partial charge in [-0.05, 0) is 43.3 Å². The maximum absolute atomic E-state index is 13.1. The van der Waals surface area contributed by atoms with Crippen molar-refractivity contribution < 1.29 is 27.9 Å². The quantitative estimate of drug-likeness (QED) is 0.606. The number of benzene rings is 2. The number of halogens is 1. The highest BCUT2D eigenvalue weighted by molar-refractivity contribution is 5.92. The Morgan fingerprint density at radius 2 is 1.85 bits per heavy atom. The van der Waals surface area contributed by atoms with Crippen LogP contribution in [-0.4, -0.2) is 25.3 Å². The molecule has 0 unspecified atom stereocenters. The highest BCUT2D eigenvalue weighted by atomic mass is 19.1. The van der Waals surface area contributed by atoms with Crippen LogP contribution in [0.2, 0.25) is 0 Å². The average Bonchev–Trinajstić information content (AvgIpc) is 3.06. The summed E-state index contributed by atoms with van der Waals surface area (Å²) in [5.74, 6) is 0.532. The molecule has 0 atom stereocenters. The SMILES string of the molecule is COc1ccc(C(=O)OCc2noc(-c3ccc(F)cc3)c2C)c(OC)c1. The van der Waals surface area contributed by atoms with E-state index >= 15 is 0 Å². The van der Waals surface area contributed by atoms with Crippen LogP contribution in [0.5, 0.6) is 11.5 Å². The molecular formula is C20H18FNO5. The lowest BCUT2D eigenvalue weighted by Crippen LogP contribution is -2.08. The second-order valence-electron chi connectivity index (χ2n) is 5.73. The first-order chi connectivity index (χ1) is 13.0. The van der Waals surface area contributed by atoms with Gasteiger partial charge in [-0.1, -0.05) is 5.16 Å². The number of rotatable bonds is 6. The molecule has 0 amide bonds. The fraction of sp³-hybridized carbons (Fsp3) is 0.200. The molecule has 2 aromatic carbocycles. The third kappa shape index (κ3) is 3.92. The van der Waals surface area contributed by atoms with Crippen molar-refractivity contribution in [2.24, 2.45) is 0 Å². The molecule has 6 nitrogen and oxygen atoms in total. The second-order valence-corrected chi connectivity index (χ2v) is 5.73. The fourth-order valence-electron chi connectivity index (χ4n) is 2.55. The van der Waals surface area contributed by atoms with E-state index in [2.05, 4.69) is 5.16 Å². The smallest absolute Gasteiger partial charge is 0.342 e. The van der Waals surface area contributed by atoms with E-state index in [1.807, 2.05) is 0 Å². The molecule has 0 aliphatic carbocycles. The van der Waals surface area contributed by atoms with E-state index < -0.39 is 5.97 Å². The molecule has 1 heterocycles. The van der Waals surface area contributed by atoms with E-state index in [1.54, 1.807) is 37.3 Å². The van der Waals surface area contributed by atoms with Crippen LogP contribution < -0.4 is 9.47 Å². The lowest BCUT2D eigenvalue weighted by molar-refractivity contribution is 0.0460. The summed E-state index contributed by atoms with van der Waals surface area (Å²) in [6, 6.07) is 10.7. The van der Waals surface area contributed by atoms with E-state index in [9.17, 15) is 9.18 Å². The number of methoxy groups -OCH3 is 2. The highest BCUT2D eigenvalue weighted by Gasteiger charge is 2.18. The summed E-state index contributed by atoms with van der Waals surface area (Å²) in [4.78, 5) is 12.4. The molecule has 3 aromatic rings. The lowest BCUT2D eigenvalue weighted by atomic mass is 10.1. The Balaban J connectivity index is 1.74. The van der Waals surface area contributed by atoms with Gasteiger partial charge in [-0.3, -0.25) is 0 Å².